The topological polar surface area (TPSA) is 62.4 Å². The Morgan fingerprint density at radius 2 is 1.31 bits per heavy atom. The molecule has 2 aliphatic heterocycles. The van der Waals surface area contributed by atoms with E-state index in [1.807, 2.05) is 32.3 Å². The molecule has 2 heterocycles. The molecule has 148 valence electrons. The zero-order valence-corrected chi connectivity index (χ0v) is 15.5. The van der Waals surface area contributed by atoms with Crippen molar-refractivity contribution in [2.24, 2.45) is 0 Å². The number of hydrogen-bond acceptors (Lipinski definition) is 4. The van der Waals surface area contributed by atoms with Crippen LogP contribution in [0, 0.1) is 0 Å². The maximum atomic E-state index is 11.5. The van der Waals surface area contributed by atoms with E-state index >= 15 is 0 Å². The first-order chi connectivity index (χ1) is 11.9. The van der Waals surface area contributed by atoms with Gasteiger partial charge in [0.2, 0.25) is 0 Å². The molecular weight excluding hydrogens is 332 g/mol. The SMILES string of the molecule is C.CN1CN(Cc2ccccc2)CN(C)C1=O.CN1CNCN(C)C1=O.[HH]. The van der Waals surface area contributed by atoms with Crippen LogP contribution in [0.1, 0.15) is 14.4 Å². The van der Waals surface area contributed by atoms with Gasteiger partial charge in [-0.25, -0.2) is 9.59 Å². The van der Waals surface area contributed by atoms with E-state index in [4.69, 9.17) is 0 Å². The molecule has 2 aliphatic rings. The second-order valence-electron chi connectivity index (χ2n) is 6.52. The predicted octanol–water partition coefficient (Wildman–Crippen LogP) is 1.77. The molecule has 1 aromatic carbocycles. The van der Waals surface area contributed by atoms with E-state index in [9.17, 15) is 9.59 Å². The number of nitrogens with one attached hydrogen (secondary N) is 1. The van der Waals surface area contributed by atoms with Crippen LogP contribution in [0.2, 0.25) is 0 Å². The second-order valence-corrected chi connectivity index (χ2v) is 6.52. The molecule has 0 bridgehead atoms. The summed E-state index contributed by atoms with van der Waals surface area (Å²) in [6, 6.07) is 10.5. The maximum absolute atomic E-state index is 11.5. The summed E-state index contributed by atoms with van der Waals surface area (Å²) >= 11 is 0. The van der Waals surface area contributed by atoms with Crippen LogP contribution in [0.4, 0.5) is 9.59 Å². The van der Waals surface area contributed by atoms with Crippen LogP contribution in [0.25, 0.3) is 0 Å². The predicted molar refractivity (Wildman–Crippen MR) is 105 cm³/mol. The minimum atomic E-state index is 0. The highest BCUT2D eigenvalue weighted by atomic mass is 16.2. The smallest absolute Gasteiger partial charge is 0.315 e. The summed E-state index contributed by atoms with van der Waals surface area (Å²) < 4.78 is 0. The van der Waals surface area contributed by atoms with E-state index in [2.05, 4.69) is 22.3 Å². The van der Waals surface area contributed by atoms with Gasteiger partial charge in [-0.1, -0.05) is 37.8 Å². The second kappa shape index (κ2) is 9.98. The average Bonchev–Trinajstić information content (AvgIpc) is 2.59. The molecule has 0 saturated carbocycles. The molecule has 0 aliphatic carbocycles. The van der Waals surface area contributed by atoms with Gasteiger partial charge in [0.15, 0.2) is 0 Å². The molecule has 0 unspecified atom stereocenters. The monoisotopic (exact) mass is 366 g/mol. The third-order valence-corrected chi connectivity index (χ3v) is 4.08. The number of hydrogen-bond donors (Lipinski definition) is 1. The summed E-state index contributed by atoms with van der Waals surface area (Å²) in [5.74, 6) is 0. The van der Waals surface area contributed by atoms with Crippen molar-refractivity contribution in [2.75, 3.05) is 54.9 Å². The Labute approximate surface area is 158 Å². The third kappa shape index (κ3) is 5.89. The molecule has 0 atom stereocenters. The maximum Gasteiger partial charge on any atom is 0.321 e. The standard InChI is InChI=1S/C12H17N3O.C5H11N3O.CH4.H2/c1-13-9-15(10-14(2)12(13)16)8-11-6-4-3-5-7-11;1-7-3-6-4-8(2)5(7)9;;/h3-7H,8-10H2,1-2H3;6H,3-4H2,1-2H3;1H4;1H. The summed E-state index contributed by atoms with van der Waals surface area (Å²) in [4.78, 5) is 31.4. The Bertz CT molecular complexity index is 562. The number of benzene rings is 1. The molecule has 1 N–H and O–H groups in total. The summed E-state index contributed by atoms with van der Waals surface area (Å²) in [5, 5.41) is 3.05. The zero-order chi connectivity index (χ0) is 18.4. The van der Waals surface area contributed by atoms with E-state index < -0.39 is 0 Å². The lowest BCUT2D eigenvalue weighted by Crippen LogP contribution is -2.54. The van der Waals surface area contributed by atoms with Gasteiger partial charge in [0.25, 0.3) is 0 Å². The van der Waals surface area contributed by atoms with E-state index in [0.29, 0.717) is 26.7 Å². The lowest BCUT2D eigenvalue weighted by Gasteiger charge is -2.38. The van der Waals surface area contributed by atoms with Crippen molar-refractivity contribution in [2.45, 2.75) is 14.0 Å². The summed E-state index contributed by atoms with van der Waals surface area (Å²) in [7, 11) is 7.20. The van der Waals surface area contributed by atoms with Gasteiger partial charge in [0, 0.05) is 36.2 Å². The fourth-order valence-corrected chi connectivity index (χ4v) is 2.81. The first-order valence-electron chi connectivity index (χ1n) is 8.28. The van der Waals surface area contributed by atoms with Crippen LogP contribution in [0.5, 0.6) is 0 Å². The molecular formula is C18H34N6O2. The molecule has 4 amide bonds. The van der Waals surface area contributed by atoms with Gasteiger partial charge in [-0.15, -0.1) is 0 Å². The van der Waals surface area contributed by atoms with E-state index in [1.165, 1.54) is 5.56 Å². The highest BCUT2D eigenvalue weighted by Crippen LogP contribution is 2.10. The van der Waals surface area contributed by atoms with Crippen molar-refractivity contribution in [3.63, 3.8) is 0 Å². The van der Waals surface area contributed by atoms with E-state index in [0.717, 1.165) is 6.54 Å². The normalized spacial score (nSPS) is 18.3. The van der Waals surface area contributed by atoms with Gasteiger partial charge in [-0.2, -0.15) is 0 Å². The summed E-state index contributed by atoms with van der Waals surface area (Å²) in [6.07, 6.45) is 0. The minimum absolute atomic E-state index is 0. The van der Waals surface area contributed by atoms with Crippen molar-refractivity contribution in [3.8, 4) is 0 Å². The molecule has 0 aromatic heterocycles. The van der Waals surface area contributed by atoms with Gasteiger partial charge in [-0.05, 0) is 5.56 Å². The Hall–Kier alpha value is -2.32. The van der Waals surface area contributed by atoms with Crippen molar-refractivity contribution in [3.05, 3.63) is 35.9 Å². The molecule has 1 aromatic rings. The molecule has 2 saturated heterocycles. The van der Waals surface area contributed by atoms with Crippen LogP contribution in [-0.2, 0) is 6.54 Å². The Kier molecular flexibility index (Phi) is 8.34. The van der Waals surface area contributed by atoms with Crippen molar-refractivity contribution in [1.29, 1.82) is 0 Å². The van der Waals surface area contributed by atoms with Gasteiger partial charge < -0.3 is 19.6 Å². The largest absolute Gasteiger partial charge is 0.321 e. The molecule has 8 nitrogen and oxygen atoms in total. The first kappa shape index (κ1) is 21.7. The molecule has 2 fully saturated rings. The summed E-state index contributed by atoms with van der Waals surface area (Å²) in [6.45, 7) is 3.57. The Morgan fingerprint density at radius 3 is 1.77 bits per heavy atom. The number of carbonyl (C=O) groups is 2. The van der Waals surface area contributed by atoms with Crippen molar-refractivity contribution in [1.82, 2.24) is 29.8 Å². The number of carbonyl (C=O) groups excluding carboxylic acids is 2. The molecule has 3 rings (SSSR count). The number of rotatable bonds is 2. The van der Waals surface area contributed by atoms with Crippen molar-refractivity contribution < 1.29 is 11.0 Å². The lowest BCUT2D eigenvalue weighted by atomic mass is 10.2. The van der Waals surface area contributed by atoms with Gasteiger partial charge in [0.1, 0.15) is 0 Å². The van der Waals surface area contributed by atoms with Crippen LogP contribution < -0.4 is 5.32 Å². The van der Waals surface area contributed by atoms with Crippen LogP contribution in [-0.4, -0.2) is 91.4 Å². The quantitative estimate of drug-likeness (QED) is 0.867. The fraction of sp³-hybridized carbons (Fsp3) is 0.556. The lowest BCUT2D eigenvalue weighted by molar-refractivity contribution is 0.0506. The minimum Gasteiger partial charge on any atom is -0.315 e. The van der Waals surface area contributed by atoms with Crippen molar-refractivity contribution >= 4 is 12.1 Å². The summed E-state index contributed by atoms with van der Waals surface area (Å²) in [5.41, 5.74) is 1.28. The highest BCUT2D eigenvalue weighted by molar-refractivity contribution is 5.74. The molecule has 8 heteroatoms. The van der Waals surface area contributed by atoms with Gasteiger partial charge in [-0.3, -0.25) is 10.2 Å². The van der Waals surface area contributed by atoms with Crippen LogP contribution in [0.15, 0.2) is 30.3 Å². The van der Waals surface area contributed by atoms with Crippen LogP contribution in [0.3, 0.4) is 0 Å². The van der Waals surface area contributed by atoms with Gasteiger partial charge in [0.05, 0.1) is 26.7 Å². The Balaban J connectivity index is 0.000000532. The Morgan fingerprint density at radius 1 is 0.846 bits per heavy atom. The molecule has 0 radical (unpaired) electrons. The number of nitrogens with zero attached hydrogens (tertiary/aromatic N) is 5. The fourth-order valence-electron chi connectivity index (χ4n) is 2.81. The number of amides is 4. The molecule has 0 spiro atoms. The number of urea groups is 2. The highest BCUT2D eigenvalue weighted by Gasteiger charge is 2.24. The van der Waals surface area contributed by atoms with E-state index in [-0.39, 0.29) is 20.9 Å². The average molecular weight is 367 g/mol. The molecule has 26 heavy (non-hydrogen) atoms. The van der Waals surface area contributed by atoms with Crippen LogP contribution >= 0.6 is 0 Å². The third-order valence-electron chi connectivity index (χ3n) is 4.08. The van der Waals surface area contributed by atoms with Gasteiger partial charge >= 0.3 is 12.1 Å². The van der Waals surface area contributed by atoms with E-state index in [1.54, 1.807) is 33.7 Å². The first-order valence-corrected chi connectivity index (χ1v) is 8.28. The zero-order valence-electron chi connectivity index (χ0n) is 15.5.